The summed E-state index contributed by atoms with van der Waals surface area (Å²) in [5.41, 5.74) is 0.475. The Balaban J connectivity index is 2.04. The molecule has 0 spiro atoms. The maximum atomic E-state index is 12.3. The SMILES string of the molecule is CCC(C)NS(=O)(=O)c1ccc(C(=O)NC2CCNCC2C)cc1. The van der Waals surface area contributed by atoms with E-state index in [-0.39, 0.29) is 22.9 Å². The fraction of sp³-hybridized carbons (Fsp3) is 0.588. The van der Waals surface area contributed by atoms with Crippen molar-refractivity contribution in [2.24, 2.45) is 5.92 Å². The molecule has 0 saturated carbocycles. The van der Waals surface area contributed by atoms with Gasteiger partial charge in [-0.25, -0.2) is 13.1 Å². The molecule has 3 atom stereocenters. The predicted molar refractivity (Wildman–Crippen MR) is 94.4 cm³/mol. The minimum atomic E-state index is -3.54. The van der Waals surface area contributed by atoms with Gasteiger partial charge in [-0.15, -0.1) is 0 Å². The lowest BCUT2D eigenvalue weighted by atomic mass is 9.95. The summed E-state index contributed by atoms with van der Waals surface area (Å²) in [6.45, 7) is 7.63. The van der Waals surface area contributed by atoms with E-state index in [1.54, 1.807) is 12.1 Å². The van der Waals surface area contributed by atoms with Gasteiger partial charge in [-0.05, 0) is 63.0 Å². The van der Waals surface area contributed by atoms with Crippen molar-refractivity contribution < 1.29 is 13.2 Å². The van der Waals surface area contributed by atoms with E-state index in [4.69, 9.17) is 0 Å². The number of sulfonamides is 1. The minimum absolute atomic E-state index is 0.126. The third-order valence-electron chi connectivity index (χ3n) is 4.50. The molecule has 134 valence electrons. The van der Waals surface area contributed by atoms with Crippen LogP contribution in [0.25, 0.3) is 0 Å². The zero-order valence-electron chi connectivity index (χ0n) is 14.5. The number of carbonyl (C=O) groups is 1. The van der Waals surface area contributed by atoms with Crippen LogP contribution in [0.2, 0.25) is 0 Å². The van der Waals surface area contributed by atoms with Crippen molar-refractivity contribution in [2.45, 2.75) is 50.6 Å². The quantitative estimate of drug-likeness (QED) is 0.723. The highest BCUT2D eigenvalue weighted by molar-refractivity contribution is 7.89. The van der Waals surface area contributed by atoms with Crippen molar-refractivity contribution in [3.05, 3.63) is 29.8 Å². The van der Waals surface area contributed by atoms with Gasteiger partial charge in [0.2, 0.25) is 10.0 Å². The minimum Gasteiger partial charge on any atom is -0.349 e. The molecular formula is C17H27N3O3S. The summed E-state index contributed by atoms with van der Waals surface area (Å²) in [5.74, 6) is 0.217. The van der Waals surface area contributed by atoms with Crippen LogP contribution in [0.15, 0.2) is 29.2 Å². The molecule has 3 N–H and O–H groups in total. The molecule has 1 aliphatic heterocycles. The predicted octanol–water partition coefficient (Wildman–Crippen LogP) is 1.49. The molecule has 2 rings (SSSR count). The van der Waals surface area contributed by atoms with E-state index in [1.165, 1.54) is 12.1 Å². The zero-order valence-corrected chi connectivity index (χ0v) is 15.3. The Bertz CT molecular complexity index is 658. The number of hydrogen-bond acceptors (Lipinski definition) is 4. The van der Waals surface area contributed by atoms with Gasteiger partial charge in [-0.3, -0.25) is 4.79 Å². The van der Waals surface area contributed by atoms with Crippen LogP contribution >= 0.6 is 0 Å². The third kappa shape index (κ3) is 4.78. The molecule has 3 unspecified atom stereocenters. The first-order valence-electron chi connectivity index (χ1n) is 8.47. The van der Waals surface area contributed by atoms with Crippen molar-refractivity contribution in [3.63, 3.8) is 0 Å². The molecule has 0 bridgehead atoms. The van der Waals surface area contributed by atoms with Gasteiger partial charge in [-0.1, -0.05) is 13.8 Å². The smallest absolute Gasteiger partial charge is 0.251 e. The van der Waals surface area contributed by atoms with Gasteiger partial charge in [0.15, 0.2) is 0 Å². The number of nitrogens with one attached hydrogen (secondary N) is 3. The Hall–Kier alpha value is -1.44. The summed E-state index contributed by atoms with van der Waals surface area (Å²) < 4.78 is 27.1. The Morgan fingerprint density at radius 2 is 2.00 bits per heavy atom. The van der Waals surface area contributed by atoms with E-state index in [0.29, 0.717) is 17.9 Å². The van der Waals surface area contributed by atoms with Crippen LogP contribution in [0.4, 0.5) is 0 Å². The van der Waals surface area contributed by atoms with Crippen LogP contribution in [0.3, 0.4) is 0 Å². The number of benzene rings is 1. The second-order valence-electron chi connectivity index (χ2n) is 6.50. The first kappa shape index (κ1) is 18.9. The zero-order chi connectivity index (χ0) is 17.7. The molecule has 1 amide bonds. The lowest BCUT2D eigenvalue weighted by Gasteiger charge is -2.30. The number of rotatable bonds is 6. The molecule has 24 heavy (non-hydrogen) atoms. The number of amides is 1. The van der Waals surface area contributed by atoms with Gasteiger partial charge in [0, 0.05) is 17.6 Å². The van der Waals surface area contributed by atoms with Crippen LogP contribution < -0.4 is 15.4 Å². The molecule has 1 aromatic rings. The van der Waals surface area contributed by atoms with Crippen LogP contribution in [-0.2, 0) is 10.0 Å². The van der Waals surface area contributed by atoms with E-state index in [2.05, 4.69) is 22.3 Å². The van der Waals surface area contributed by atoms with Crippen molar-refractivity contribution in [1.82, 2.24) is 15.4 Å². The highest BCUT2D eigenvalue weighted by Crippen LogP contribution is 2.14. The first-order chi connectivity index (χ1) is 11.3. The summed E-state index contributed by atoms with van der Waals surface area (Å²) in [6.07, 6.45) is 1.62. The van der Waals surface area contributed by atoms with E-state index in [9.17, 15) is 13.2 Å². The molecule has 1 fully saturated rings. The normalized spacial score (nSPS) is 22.8. The number of carbonyl (C=O) groups excluding carboxylic acids is 1. The second-order valence-corrected chi connectivity index (χ2v) is 8.22. The fourth-order valence-electron chi connectivity index (χ4n) is 2.68. The van der Waals surface area contributed by atoms with Gasteiger partial charge in [-0.2, -0.15) is 0 Å². The maximum Gasteiger partial charge on any atom is 0.251 e. The van der Waals surface area contributed by atoms with Gasteiger partial charge in [0.05, 0.1) is 4.90 Å². The summed E-state index contributed by atoms with van der Waals surface area (Å²) in [7, 11) is -3.54. The fourth-order valence-corrected chi connectivity index (χ4v) is 4.01. The van der Waals surface area contributed by atoms with Crippen LogP contribution in [0, 0.1) is 5.92 Å². The molecular weight excluding hydrogens is 326 g/mol. The van der Waals surface area contributed by atoms with Crippen LogP contribution in [0.5, 0.6) is 0 Å². The van der Waals surface area contributed by atoms with Gasteiger partial charge >= 0.3 is 0 Å². The standard InChI is InChI=1S/C17H27N3O3S/c1-4-13(3)20-24(22,23)15-7-5-14(6-8-15)17(21)19-16-9-10-18-11-12(16)2/h5-8,12-13,16,18,20H,4,9-11H2,1-3H3,(H,19,21). The molecule has 0 aliphatic carbocycles. The lowest BCUT2D eigenvalue weighted by molar-refractivity contribution is 0.0914. The van der Waals surface area contributed by atoms with Gasteiger partial charge in [0.25, 0.3) is 5.91 Å². The lowest BCUT2D eigenvalue weighted by Crippen LogP contribution is -2.48. The van der Waals surface area contributed by atoms with Crippen molar-refractivity contribution >= 4 is 15.9 Å². The second kappa shape index (κ2) is 8.09. The molecule has 6 nitrogen and oxygen atoms in total. The molecule has 1 aromatic carbocycles. The number of piperidine rings is 1. The monoisotopic (exact) mass is 353 g/mol. The van der Waals surface area contributed by atoms with Gasteiger partial charge < -0.3 is 10.6 Å². The maximum absolute atomic E-state index is 12.3. The Labute approximate surface area is 144 Å². The van der Waals surface area contributed by atoms with E-state index < -0.39 is 10.0 Å². The summed E-state index contributed by atoms with van der Waals surface area (Å²) >= 11 is 0. The van der Waals surface area contributed by atoms with Crippen LogP contribution in [-0.4, -0.2) is 39.5 Å². The summed E-state index contributed by atoms with van der Waals surface area (Å²) in [5, 5.41) is 6.34. The van der Waals surface area contributed by atoms with Crippen molar-refractivity contribution in [1.29, 1.82) is 0 Å². The van der Waals surface area contributed by atoms with E-state index >= 15 is 0 Å². The molecule has 0 aromatic heterocycles. The third-order valence-corrected chi connectivity index (χ3v) is 6.10. The largest absolute Gasteiger partial charge is 0.349 e. The average Bonchev–Trinajstić information content (AvgIpc) is 2.56. The average molecular weight is 353 g/mol. The molecule has 7 heteroatoms. The first-order valence-corrected chi connectivity index (χ1v) is 9.95. The van der Waals surface area contributed by atoms with Crippen molar-refractivity contribution in [3.8, 4) is 0 Å². The summed E-state index contributed by atoms with van der Waals surface area (Å²) in [6, 6.07) is 6.10. The number of hydrogen-bond donors (Lipinski definition) is 3. The van der Waals surface area contributed by atoms with Crippen molar-refractivity contribution in [2.75, 3.05) is 13.1 Å². The molecule has 1 heterocycles. The molecule has 1 aliphatic rings. The highest BCUT2D eigenvalue weighted by atomic mass is 32.2. The summed E-state index contributed by atoms with van der Waals surface area (Å²) in [4.78, 5) is 12.5. The van der Waals surface area contributed by atoms with Crippen LogP contribution in [0.1, 0.15) is 44.0 Å². The van der Waals surface area contributed by atoms with Gasteiger partial charge in [0.1, 0.15) is 0 Å². The Morgan fingerprint density at radius 1 is 1.33 bits per heavy atom. The topological polar surface area (TPSA) is 87.3 Å². The van der Waals surface area contributed by atoms with E-state index in [1.807, 2.05) is 13.8 Å². The molecule has 0 radical (unpaired) electrons. The Kier molecular flexibility index (Phi) is 6.37. The Morgan fingerprint density at radius 3 is 2.58 bits per heavy atom. The molecule has 1 saturated heterocycles. The van der Waals surface area contributed by atoms with E-state index in [0.717, 1.165) is 19.5 Å². The highest BCUT2D eigenvalue weighted by Gasteiger charge is 2.23.